The van der Waals surface area contributed by atoms with E-state index in [4.69, 9.17) is 4.74 Å². The molecule has 3 aromatic rings. The van der Waals surface area contributed by atoms with Crippen LogP contribution in [-0.2, 0) is 10.3 Å². The minimum atomic E-state index is -0.493. The van der Waals surface area contributed by atoms with E-state index in [0.29, 0.717) is 12.5 Å². The molecule has 7 heteroatoms. The number of ether oxygens (including phenoxy) is 1. The summed E-state index contributed by atoms with van der Waals surface area (Å²) in [5.74, 6) is 0.181. The van der Waals surface area contributed by atoms with Crippen molar-refractivity contribution in [3.05, 3.63) is 65.7 Å². The van der Waals surface area contributed by atoms with Crippen molar-refractivity contribution in [2.24, 2.45) is 5.92 Å². The van der Waals surface area contributed by atoms with Crippen molar-refractivity contribution >= 4 is 23.2 Å². The SMILES string of the molecule is CC.COC(=O)c1ncc2cc(N3CCC(c4cccc(C)c4)(C4CCCC4)NC3=O)ccn12. The summed E-state index contributed by atoms with van der Waals surface area (Å²) in [6.45, 7) is 6.73. The summed E-state index contributed by atoms with van der Waals surface area (Å²) in [5.41, 5.74) is 3.63. The van der Waals surface area contributed by atoms with Gasteiger partial charge in [0, 0.05) is 18.4 Å². The second-order valence-electron chi connectivity index (χ2n) is 8.91. The van der Waals surface area contributed by atoms with Gasteiger partial charge in [0.15, 0.2) is 0 Å². The summed E-state index contributed by atoms with van der Waals surface area (Å²) in [4.78, 5) is 31.3. The molecule has 0 radical (unpaired) electrons. The van der Waals surface area contributed by atoms with Crippen molar-refractivity contribution in [2.75, 3.05) is 18.6 Å². The lowest BCUT2D eigenvalue weighted by atomic mass is 9.73. The van der Waals surface area contributed by atoms with Crippen molar-refractivity contribution in [1.82, 2.24) is 14.7 Å². The lowest BCUT2D eigenvalue weighted by molar-refractivity contribution is 0.0586. The molecular formula is C27H34N4O3. The molecule has 2 amide bonds. The molecule has 2 aliphatic rings. The molecule has 1 aliphatic carbocycles. The average molecular weight is 463 g/mol. The molecule has 1 N–H and O–H groups in total. The van der Waals surface area contributed by atoms with E-state index in [-0.39, 0.29) is 17.4 Å². The van der Waals surface area contributed by atoms with Gasteiger partial charge in [0.2, 0.25) is 5.82 Å². The zero-order valence-electron chi connectivity index (χ0n) is 20.5. The minimum absolute atomic E-state index is 0.0817. The van der Waals surface area contributed by atoms with Crippen molar-refractivity contribution in [3.8, 4) is 0 Å². The van der Waals surface area contributed by atoms with Gasteiger partial charge in [-0.3, -0.25) is 9.30 Å². The van der Waals surface area contributed by atoms with Crippen LogP contribution in [0.2, 0.25) is 0 Å². The number of hydrogen-bond acceptors (Lipinski definition) is 4. The van der Waals surface area contributed by atoms with Gasteiger partial charge in [0.1, 0.15) is 0 Å². The van der Waals surface area contributed by atoms with Crippen LogP contribution in [0.4, 0.5) is 10.5 Å². The third kappa shape index (κ3) is 4.15. The number of esters is 1. The Morgan fingerprint density at radius 2 is 1.94 bits per heavy atom. The topological polar surface area (TPSA) is 75.9 Å². The molecule has 1 saturated heterocycles. The van der Waals surface area contributed by atoms with E-state index in [0.717, 1.165) is 30.5 Å². The molecule has 2 aromatic heterocycles. The highest BCUT2D eigenvalue weighted by Crippen LogP contribution is 2.45. The van der Waals surface area contributed by atoms with E-state index >= 15 is 0 Å². The maximum atomic E-state index is 13.4. The molecule has 1 unspecified atom stereocenters. The number of hydrogen-bond donors (Lipinski definition) is 1. The molecule has 0 spiro atoms. The van der Waals surface area contributed by atoms with Gasteiger partial charge in [0.05, 0.1) is 24.4 Å². The Morgan fingerprint density at radius 1 is 1.18 bits per heavy atom. The number of imidazole rings is 1. The fraction of sp³-hybridized carbons (Fsp3) is 0.444. The lowest BCUT2D eigenvalue weighted by Gasteiger charge is -2.46. The van der Waals surface area contributed by atoms with E-state index < -0.39 is 5.97 Å². The molecule has 0 bridgehead atoms. The Hall–Kier alpha value is -3.35. The van der Waals surface area contributed by atoms with Crippen LogP contribution in [0.3, 0.4) is 0 Å². The molecule has 3 heterocycles. The summed E-state index contributed by atoms with van der Waals surface area (Å²) in [6.07, 6.45) is 8.96. The highest BCUT2D eigenvalue weighted by atomic mass is 16.5. The van der Waals surface area contributed by atoms with Crippen molar-refractivity contribution in [2.45, 2.75) is 58.4 Å². The molecule has 1 atom stereocenters. The maximum absolute atomic E-state index is 13.4. The molecule has 5 rings (SSSR count). The first-order chi connectivity index (χ1) is 16.5. The predicted molar refractivity (Wildman–Crippen MR) is 133 cm³/mol. The van der Waals surface area contributed by atoms with Crippen LogP contribution in [0.5, 0.6) is 0 Å². The van der Waals surface area contributed by atoms with Crippen molar-refractivity contribution in [1.29, 1.82) is 0 Å². The molecular weight excluding hydrogens is 428 g/mol. The predicted octanol–water partition coefficient (Wildman–Crippen LogP) is 5.46. The molecule has 7 nitrogen and oxygen atoms in total. The Balaban J connectivity index is 0.00000133. The number of amides is 2. The third-order valence-corrected chi connectivity index (χ3v) is 7.09. The van der Waals surface area contributed by atoms with Crippen LogP contribution in [0, 0.1) is 12.8 Å². The van der Waals surface area contributed by atoms with Crippen molar-refractivity contribution in [3.63, 3.8) is 0 Å². The number of methoxy groups -OCH3 is 1. The maximum Gasteiger partial charge on any atom is 0.374 e. The van der Waals surface area contributed by atoms with Gasteiger partial charge >= 0.3 is 12.0 Å². The fourth-order valence-electron chi connectivity index (χ4n) is 5.45. The van der Waals surface area contributed by atoms with Crippen LogP contribution < -0.4 is 10.2 Å². The van der Waals surface area contributed by atoms with E-state index in [1.165, 1.54) is 31.1 Å². The van der Waals surface area contributed by atoms with Gasteiger partial charge < -0.3 is 10.1 Å². The number of carbonyl (C=O) groups excluding carboxylic acids is 2. The Labute approximate surface area is 201 Å². The highest BCUT2D eigenvalue weighted by molar-refractivity contribution is 5.94. The van der Waals surface area contributed by atoms with Crippen LogP contribution in [0.25, 0.3) is 5.52 Å². The summed E-state index contributed by atoms with van der Waals surface area (Å²) in [5, 5.41) is 3.43. The zero-order chi connectivity index (χ0) is 24.3. The molecule has 1 aromatic carbocycles. The number of fused-ring (bicyclic) bond motifs is 1. The van der Waals surface area contributed by atoms with Crippen LogP contribution in [0.1, 0.15) is 67.7 Å². The molecule has 1 aliphatic heterocycles. The minimum Gasteiger partial charge on any atom is -0.463 e. The second kappa shape index (κ2) is 9.87. The monoisotopic (exact) mass is 462 g/mol. The number of benzene rings is 1. The molecule has 1 saturated carbocycles. The molecule has 34 heavy (non-hydrogen) atoms. The third-order valence-electron chi connectivity index (χ3n) is 7.09. The van der Waals surface area contributed by atoms with E-state index in [9.17, 15) is 9.59 Å². The largest absolute Gasteiger partial charge is 0.463 e. The zero-order valence-corrected chi connectivity index (χ0v) is 20.5. The Morgan fingerprint density at radius 3 is 2.62 bits per heavy atom. The summed E-state index contributed by atoms with van der Waals surface area (Å²) in [6, 6.07) is 12.2. The van der Waals surface area contributed by atoms with E-state index in [1.807, 2.05) is 26.0 Å². The average Bonchev–Trinajstić information content (AvgIpc) is 3.55. The molecule has 2 fully saturated rings. The first-order valence-corrected chi connectivity index (χ1v) is 12.2. The van der Waals surface area contributed by atoms with E-state index in [2.05, 4.69) is 41.5 Å². The van der Waals surface area contributed by atoms with Gasteiger partial charge in [-0.05, 0) is 49.8 Å². The summed E-state index contributed by atoms with van der Waals surface area (Å²) < 4.78 is 6.46. The standard InChI is InChI=1S/C25H28N4O3.C2H6/c1-17-6-5-9-19(14-17)25(18-7-3-4-8-18)11-13-29(24(31)27-25)20-10-12-28-21(15-20)16-26-22(28)23(30)32-2;1-2/h5-6,9-10,12,14-16,18H,3-4,7-8,11,13H2,1-2H3,(H,27,31);1-2H3. The van der Waals surface area contributed by atoms with Gasteiger partial charge in [-0.25, -0.2) is 14.6 Å². The van der Waals surface area contributed by atoms with Gasteiger partial charge in [-0.1, -0.05) is 56.5 Å². The van der Waals surface area contributed by atoms with E-state index in [1.54, 1.807) is 21.7 Å². The normalized spacial score (nSPS) is 20.6. The lowest BCUT2D eigenvalue weighted by Crippen LogP contribution is -2.61. The Kier molecular flexibility index (Phi) is 6.91. The summed E-state index contributed by atoms with van der Waals surface area (Å²) in [7, 11) is 1.33. The number of anilines is 1. The number of pyridine rings is 1. The quantitative estimate of drug-likeness (QED) is 0.522. The smallest absolute Gasteiger partial charge is 0.374 e. The highest BCUT2D eigenvalue weighted by Gasteiger charge is 2.46. The van der Waals surface area contributed by atoms with Crippen LogP contribution in [0.15, 0.2) is 48.8 Å². The van der Waals surface area contributed by atoms with Crippen LogP contribution in [-0.4, -0.2) is 35.0 Å². The number of aryl methyl sites for hydroxylation is 1. The number of carbonyl (C=O) groups is 2. The van der Waals surface area contributed by atoms with Crippen LogP contribution >= 0.6 is 0 Å². The van der Waals surface area contributed by atoms with Gasteiger partial charge in [-0.2, -0.15) is 0 Å². The molecule has 180 valence electrons. The summed E-state index contributed by atoms with van der Waals surface area (Å²) >= 11 is 0. The first kappa shape index (κ1) is 23.8. The number of urea groups is 1. The number of nitrogens with one attached hydrogen (secondary N) is 1. The number of aromatic nitrogens is 2. The fourth-order valence-corrected chi connectivity index (χ4v) is 5.45. The number of nitrogens with zero attached hydrogens (tertiary/aromatic N) is 3. The van der Waals surface area contributed by atoms with Gasteiger partial charge in [0.25, 0.3) is 0 Å². The Bertz CT molecular complexity index is 1180. The second-order valence-corrected chi connectivity index (χ2v) is 8.91. The first-order valence-electron chi connectivity index (χ1n) is 12.2. The van der Waals surface area contributed by atoms with Crippen molar-refractivity contribution < 1.29 is 14.3 Å². The van der Waals surface area contributed by atoms with Gasteiger partial charge in [-0.15, -0.1) is 0 Å². The number of rotatable bonds is 4.